The second-order valence-electron chi connectivity index (χ2n) is 3.82. The number of hydrogen-bond donors (Lipinski definition) is 1. The average molecular weight is 197 g/mol. The molecule has 0 aliphatic heterocycles. The third-order valence-corrected chi connectivity index (χ3v) is 2.23. The summed E-state index contributed by atoms with van der Waals surface area (Å²) in [6.45, 7) is 1.96. The van der Waals surface area contributed by atoms with Gasteiger partial charge in [-0.2, -0.15) is 9.37 Å². The largest absolute Gasteiger partial charge is 0.475 e. The van der Waals surface area contributed by atoms with Crippen molar-refractivity contribution in [3.63, 3.8) is 0 Å². The lowest BCUT2D eigenvalue weighted by molar-refractivity contribution is 0.0828. The molecule has 76 valence electrons. The Morgan fingerprint density at radius 1 is 1.57 bits per heavy atom. The zero-order valence-electron chi connectivity index (χ0n) is 7.96. The maximum atomic E-state index is 12.8. The van der Waals surface area contributed by atoms with Crippen LogP contribution in [0, 0.1) is 12.9 Å². The van der Waals surface area contributed by atoms with Crippen LogP contribution in [0.25, 0.3) is 0 Å². The first-order chi connectivity index (χ1) is 6.57. The summed E-state index contributed by atoms with van der Waals surface area (Å²) in [5.74, 6) is -0.314. The van der Waals surface area contributed by atoms with Crippen molar-refractivity contribution in [3.8, 4) is 5.88 Å². The molecular formula is C10H12FNO2. The zero-order valence-corrected chi connectivity index (χ0v) is 7.96. The Balaban J connectivity index is 2.01. The SMILES string of the molecule is Cc1cc(F)nc(OCC2(O)CC2)c1. The van der Waals surface area contributed by atoms with Gasteiger partial charge in [-0.15, -0.1) is 0 Å². The molecule has 1 heterocycles. The molecule has 4 heteroatoms. The van der Waals surface area contributed by atoms with Gasteiger partial charge in [-0.3, -0.25) is 0 Å². The molecule has 1 saturated carbocycles. The molecule has 0 saturated heterocycles. The number of pyridine rings is 1. The van der Waals surface area contributed by atoms with Crippen molar-refractivity contribution < 1.29 is 14.2 Å². The van der Waals surface area contributed by atoms with E-state index >= 15 is 0 Å². The molecule has 0 aromatic carbocycles. The normalized spacial score (nSPS) is 17.9. The zero-order chi connectivity index (χ0) is 10.2. The predicted molar refractivity (Wildman–Crippen MR) is 48.6 cm³/mol. The Hall–Kier alpha value is -1.16. The van der Waals surface area contributed by atoms with E-state index in [1.165, 1.54) is 6.07 Å². The second kappa shape index (κ2) is 3.20. The monoisotopic (exact) mass is 197 g/mol. The summed E-state index contributed by atoms with van der Waals surface area (Å²) in [5.41, 5.74) is 0.0670. The molecule has 0 bridgehead atoms. The minimum Gasteiger partial charge on any atom is -0.475 e. The quantitative estimate of drug-likeness (QED) is 0.745. The molecule has 0 radical (unpaired) electrons. The van der Waals surface area contributed by atoms with Gasteiger partial charge in [0.1, 0.15) is 6.61 Å². The Morgan fingerprint density at radius 2 is 2.29 bits per heavy atom. The minimum atomic E-state index is -0.693. The lowest BCUT2D eigenvalue weighted by Gasteiger charge is -2.09. The van der Waals surface area contributed by atoms with Crippen LogP contribution in [0.3, 0.4) is 0 Å². The summed E-state index contributed by atoms with van der Waals surface area (Å²) in [5, 5.41) is 9.48. The summed E-state index contributed by atoms with van der Waals surface area (Å²) in [6.07, 6.45) is 1.50. The maximum Gasteiger partial charge on any atom is 0.216 e. The van der Waals surface area contributed by atoms with E-state index in [0.29, 0.717) is 0 Å². The number of halogens is 1. The number of rotatable bonds is 3. The van der Waals surface area contributed by atoms with Crippen LogP contribution in [0.5, 0.6) is 5.88 Å². The number of hydrogen-bond acceptors (Lipinski definition) is 3. The molecule has 1 aromatic heterocycles. The van der Waals surface area contributed by atoms with E-state index in [4.69, 9.17) is 4.74 Å². The van der Waals surface area contributed by atoms with E-state index in [1.807, 2.05) is 0 Å². The predicted octanol–water partition coefficient (Wildman–Crippen LogP) is 1.43. The lowest BCUT2D eigenvalue weighted by Crippen LogP contribution is -2.19. The van der Waals surface area contributed by atoms with Crippen LogP contribution in [0.4, 0.5) is 4.39 Å². The highest BCUT2D eigenvalue weighted by molar-refractivity contribution is 5.20. The first-order valence-electron chi connectivity index (χ1n) is 4.57. The van der Waals surface area contributed by atoms with Crippen molar-refractivity contribution in [1.82, 2.24) is 4.98 Å². The van der Waals surface area contributed by atoms with Gasteiger partial charge in [-0.25, -0.2) is 0 Å². The molecule has 2 rings (SSSR count). The average Bonchev–Trinajstić information content (AvgIpc) is 2.80. The number of nitrogens with zero attached hydrogens (tertiary/aromatic N) is 1. The lowest BCUT2D eigenvalue weighted by atomic mass is 10.3. The first kappa shape index (κ1) is 9.40. The fraction of sp³-hybridized carbons (Fsp3) is 0.500. The molecule has 3 nitrogen and oxygen atoms in total. The molecule has 1 aliphatic carbocycles. The molecule has 1 N–H and O–H groups in total. The Bertz CT molecular complexity index is 330. The van der Waals surface area contributed by atoms with Crippen LogP contribution in [0.2, 0.25) is 0 Å². The maximum absolute atomic E-state index is 12.8. The third kappa shape index (κ3) is 2.20. The van der Waals surface area contributed by atoms with E-state index in [0.717, 1.165) is 18.4 Å². The summed E-state index contributed by atoms with van der Waals surface area (Å²) in [7, 11) is 0. The first-order valence-corrected chi connectivity index (χ1v) is 4.57. The topological polar surface area (TPSA) is 42.4 Å². The van der Waals surface area contributed by atoms with Crippen LogP contribution < -0.4 is 4.74 Å². The Labute approximate surface area is 81.5 Å². The number of aromatic nitrogens is 1. The molecule has 0 amide bonds. The van der Waals surface area contributed by atoms with E-state index in [9.17, 15) is 9.50 Å². The molecule has 1 aromatic rings. The van der Waals surface area contributed by atoms with Crippen molar-refractivity contribution in [2.45, 2.75) is 25.4 Å². The van der Waals surface area contributed by atoms with Gasteiger partial charge in [-0.1, -0.05) is 0 Å². The molecule has 14 heavy (non-hydrogen) atoms. The highest BCUT2D eigenvalue weighted by atomic mass is 19.1. The van der Waals surface area contributed by atoms with Crippen LogP contribution in [-0.4, -0.2) is 22.3 Å². The Kier molecular flexibility index (Phi) is 2.15. The van der Waals surface area contributed by atoms with Gasteiger partial charge in [0.25, 0.3) is 0 Å². The number of ether oxygens (including phenoxy) is 1. The highest BCUT2D eigenvalue weighted by Crippen LogP contribution is 2.35. The minimum absolute atomic E-state index is 0.197. The van der Waals surface area contributed by atoms with Gasteiger partial charge in [0.2, 0.25) is 11.8 Å². The summed E-state index contributed by atoms with van der Waals surface area (Å²) >= 11 is 0. The van der Waals surface area contributed by atoms with Gasteiger partial charge in [0, 0.05) is 6.07 Å². The van der Waals surface area contributed by atoms with Crippen molar-refractivity contribution in [1.29, 1.82) is 0 Å². The van der Waals surface area contributed by atoms with Gasteiger partial charge in [-0.05, 0) is 31.4 Å². The smallest absolute Gasteiger partial charge is 0.216 e. The van der Waals surface area contributed by atoms with Gasteiger partial charge in [0.05, 0.1) is 5.60 Å². The molecule has 0 spiro atoms. The van der Waals surface area contributed by atoms with Gasteiger partial charge in [0.15, 0.2) is 0 Å². The number of aryl methyl sites for hydroxylation is 1. The highest BCUT2D eigenvalue weighted by Gasteiger charge is 2.41. The Morgan fingerprint density at radius 3 is 2.86 bits per heavy atom. The van der Waals surface area contributed by atoms with Gasteiger partial charge < -0.3 is 9.84 Å². The van der Waals surface area contributed by atoms with E-state index in [2.05, 4.69) is 4.98 Å². The van der Waals surface area contributed by atoms with Crippen LogP contribution in [0.1, 0.15) is 18.4 Å². The summed E-state index contributed by atoms with van der Waals surface area (Å²) in [6, 6.07) is 2.98. The van der Waals surface area contributed by atoms with Gasteiger partial charge >= 0.3 is 0 Å². The fourth-order valence-electron chi connectivity index (χ4n) is 1.16. The van der Waals surface area contributed by atoms with E-state index in [-0.39, 0.29) is 12.5 Å². The summed E-state index contributed by atoms with van der Waals surface area (Å²) in [4.78, 5) is 3.56. The molecule has 0 atom stereocenters. The van der Waals surface area contributed by atoms with Crippen LogP contribution in [0.15, 0.2) is 12.1 Å². The molecular weight excluding hydrogens is 185 g/mol. The second-order valence-corrected chi connectivity index (χ2v) is 3.82. The van der Waals surface area contributed by atoms with Crippen LogP contribution in [-0.2, 0) is 0 Å². The molecule has 1 fully saturated rings. The van der Waals surface area contributed by atoms with E-state index in [1.54, 1.807) is 13.0 Å². The standard InChI is InChI=1S/C10H12FNO2/c1-7-4-8(11)12-9(5-7)14-6-10(13)2-3-10/h4-5,13H,2-3,6H2,1H3. The number of aliphatic hydroxyl groups is 1. The molecule has 1 aliphatic rings. The molecule has 0 unspecified atom stereocenters. The summed E-state index contributed by atoms with van der Waals surface area (Å²) < 4.78 is 18.0. The van der Waals surface area contributed by atoms with Crippen molar-refractivity contribution in [2.24, 2.45) is 0 Å². The van der Waals surface area contributed by atoms with Crippen LogP contribution >= 0.6 is 0 Å². The fourth-order valence-corrected chi connectivity index (χ4v) is 1.16. The third-order valence-electron chi connectivity index (χ3n) is 2.23. The van der Waals surface area contributed by atoms with E-state index < -0.39 is 11.5 Å². The van der Waals surface area contributed by atoms with Crippen molar-refractivity contribution >= 4 is 0 Å². The van der Waals surface area contributed by atoms with Crippen molar-refractivity contribution in [3.05, 3.63) is 23.6 Å². The van der Waals surface area contributed by atoms with Crippen molar-refractivity contribution in [2.75, 3.05) is 6.61 Å².